The Morgan fingerprint density at radius 2 is 2.19 bits per heavy atom. The molecule has 3 N–H and O–H groups in total. The number of hydrogen-bond acceptors (Lipinski definition) is 3. The Morgan fingerprint density at radius 3 is 2.86 bits per heavy atom. The van der Waals surface area contributed by atoms with Gasteiger partial charge in [-0.15, -0.1) is 0 Å². The van der Waals surface area contributed by atoms with Gasteiger partial charge in [0, 0.05) is 6.54 Å². The molecule has 0 aliphatic heterocycles. The topological polar surface area (TPSA) is 64.3 Å². The van der Waals surface area contributed by atoms with Crippen molar-refractivity contribution in [3.05, 3.63) is 28.2 Å². The minimum atomic E-state index is -0.526. The molecule has 21 heavy (non-hydrogen) atoms. The summed E-state index contributed by atoms with van der Waals surface area (Å²) in [7, 11) is 0. The molecule has 0 spiro atoms. The Hall–Kier alpha value is -1.07. The first kappa shape index (κ1) is 18.0. The molecule has 1 aromatic rings. The van der Waals surface area contributed by atoms with E-state index in [4.69, 9.17) is 10.5 Å². The fourth-order valence-corrected chi connectivity index (χ4v) is 2.50. The van der Waals surface area contributed by atoms with Gasteiger partial charge >= 0.3 is 0 Å². The number of ether oxygens (including phenoxy) is 1. The molecule has 1 unspecified atom stereocenters. The van der Waals surface area contributed by atoms with Crippen LogP contribution in [0.4, 0.5) is 0 Å². The third-order valence-electron chi connectivity index (χ3n) is 3.21. The quantitative estimate of drug-likeness (QED) is 0.668. The molecule has 4 nitrogen and oxygen atoms in total. The first-order chi connectivity index (χ1) is 10.1. The van der Waals surface area contributed by atoms with Gasteiger partial charge in [0.1, 0.15) is 5.75 Å². The van der Waals surface area contributed by atoms with Gasteiger partial charge in [0.25, 0.3) is 5.91 Å². The minimum absolute atomic E-state index is 0.0828. The monoisotopic (exact) mass is 356 g/mol. The molecule has 0 saturated heterocycles. The number of hydrogen-bond donors (Lipinski definition) is 2. The maximum atomic E-state index is 12.0. The van der Waals surface area contributed by atoms with E-state index in [9.17, 15) is 4.79 Å². The van der Waals surface area contributed by atoms with Crippen molar-refractivity contribution in [2.24, 2.45) is 5.73 Å². The molecule has 118 valence electrons. The van der Waals surface area contributed by atoms with Crippen LogP contribution in [0.25, 0.3) is 0 Å². The van der Waals surface area contributed by atoms with Gasteiger partial charge in [-0.05, 0) is 53.9 Å². The lowest BCUT2D eigenvalue weighted by Gasteiger charge is -2.18. The molecule has 0 fully saturated rings. The van der Waals surface area contributed by atoms with Crippen molar-refractivity contribution in [1.82, 2.24) is 5.32 Å². The highest BCUT2D eigenvalue weighted by molar-refractivity contribution is 9.10. The molecule has 1 aromatic carbocycles. The number of unbranched alkanes of at least 4 members (excludes halogenated alkanes) is 2. The highest BCUT2D eigenvalue weighted by Crippen LogP contribution is 2.30. The summed E-state index contributed by atoms with van der Waals surface area (Å²) in [6, 6.07) is 5.82. The van der Waals surface area contributed by atoms with Crippen molar-refractivity contribution in [2.45, 2.75) is 45.6 Å². The van der Waals surface area contributed by atoms with E-state index >= 15 is 0 Å². The Labute approximate surface area is 135 Å². The average Bonchev–Trinajstić information content (AvgIpc) is 2.47. The Bertz CT molecular complexity index is 452. The minimum Gasteiger partial charge on any atom is -0.479 e. The van der Waals surface area contributed by atoms with Crippen molar-refractivity contribution in [3.8, 4) is 5.75 Å². The number of carbonyl (C=O) groups excluding carboxylic acids is 1. The SMILES string of the molecule is CCCCCNC(=O)C(C)Oc1c(Br)cccc1CCN. The second kappa shape index (κ2) is 9.79. The van der Waals surface area contributed by atoms with Crippen LogP contribution in [0.1, 0.15) is 38.7 Å². The molecule has 0 aliphatic carbocycles. The van der Waals surface area contributed by atoms with E-state index < -0.39 is 6.10 Å². The maximum absolute atomic E-state index is 12.0. The fraction of sp³-hybridized carbons (Fsp3) is 0.562. The number of benzene rings is 1. The van der Waals surface area contributed by atoms with Crippen molar-refractivity contribution in [1.29, 1.82) is 0 Å². The van der Waals surface area contributed by atoms with Crippen LogP contribution in [0.15, 0.2) is 22.7 Å². The van der Waals surface area contributed by atoms with Gasteiger partial charge in [-0.3, -0.25) is 4.79 Å². The van der Waals surface area contributed by atoms with Crippen LogP contribution in [0.2, 0.25) is 0 Å². The molecular weight excluding hydrogens is 332 g/mol. The molecule has 0 aliphatic rings. The lowest BCUT2D eigenvalue weighted by molar-refractivity contribution is -0.127. The third-order valence-corrected chi connectivity index (χ3v) is 3.83. The zero-order valence-corrected chi connectivity index (χ0v) is 14.4. The zero-order chi connectivity index (χ0) is 15.7. The number of amides is 1. The number of nitrogens with one attached hydrogen (secondary N) is 1. The summed E-state index contributed by atoms with van der Waals surface area (Å²) in [5.41, 5.74) is 6.63. The van der Waals surface area contributed by atoms with Crippen LogP contribution in [0.3, 0.4) is 0 Å². The highest BCUT2D eigenvalue weighted by Gasteiger charge is 2.17. The number of para-hydroxylation sites is 1. The van der Waals surface area contributed by atoms with Gasteiger partial charge in [-0.25, -0.2) is 0 Å². The smallest absolute Gasteiger partial charge is 0.260 e. The second-order valence-corrected chi connectivity index (χ2v) is 5.88. The van der Waals surface area contributed by atoms with E-state index in [2.05, 4.69) is 28.2 Å². The van der Waals surface area contributed by atoms with Crippen molar-refractivity contribution in [2.75, 3.05) is 13.1 Å². The van der Waals surface area contributed by atoms with Crippen molar-refractivity contribution < 1.29 is 9.53 Å². The van der Waals surface area contributed by atoms with Crippen molar-refractivity contribution >= 4 is 21.8 Å². The van der Waals surface area contributed by atoms with Gasteiger partial charge in [0.05, 0.1) is 4.47 Å². The molecular formula is C16H25BrN2O2. The maximum Gasteiger partial charge on any atom is 0.260 e. The normalized spacial score (nSPS) is 12.0. The fourth-order valence-electron chi connectivity index (χ4n) is 2.00. The lowest BCUT2D eigenvalue weighted by Crippen LogP contribution is -2.37. The summed E-state index contributed by atoms with van der Waals surface area (Å²) < 4.78 is 6.68. The summed E-state index contributed by atoms with van der Waals surface area (Å²) in [5, 5.41) is 2.90. The molecule has 0 saturated carbocycles. The van der Waals surface area contributed by atoms with Crippen LogP contribution in [0.5, 0.6) is 5.75 Å². The van der Waals surface area contributed by atoms with Crippen LogP contribution in [-0.4, -0.2) is 25.1 Å². The predicted molar refractivity (Wildman–Crippen MR) is 89.5 cm³/mol. The van der Waals surface area contributed by atoms with Crippen LogP contribution >= 0.6 is 15.9 Å². The summed E-state index contributed by atoms with van der Waals surface area (Å²) in [6.45, 7) is 5.15. The van der Waals surface area contributed by atoms with E-state index in [1.807, 2.05) is 18.2 Å². The first-order valence-electron chi connectivity index (χ1n) is 7.52. The lowest BCUT2D eigenvalue weighted by atomic mass is 10.1. The van der Waals surface area contributed by atoms with E-state index in [0.29, 0.717) is 18.8 Å². The summed E-state index contributed by atoms with van der Waals surface area (Å²) >= 11 is 3.47. The number of rotatable bonds is 9. The van der Waals surface area contributed by atoms with Gasteiger partial charge in [0.2, 0.25) is 0 Å². The van der Waals surface area contributed by atoms with E-state index in [0.717, 1.165) is 35.7 Å². The van der Waals surface area contributed by atoms with Crippen molar-refractivity contribution in [3.63, 3.8) is 0 Å². The Kier molecular flexibility index (Phi) is 8.38. The molecule has 5 heteroatoms. The first-order valence-corrected chi connectivity index (χ1v) is 8.31. The molecule has 0 bridgehead atoms. The van der Waals surface area contributed by atoms with E-state index in [1.54, 1.807) is 6.92 Å². The Balaban J connectivity index is 2.61. The van der Waals surface area contributed by atoms with Crippen LogP contribution < -0.4 is 15.8 Å². The number of halogens is 1. The zero-order valence-electron chi connectivity index (χ0n) is 12.8. The Morgan fingerprint density at radius 1 is 1.43 bits per heavy atom. The summed E-state index contributed by atoms with van der Waals surface area (Å²) in [5.74, 6) is 0.625. The molecule has 0 heterocycles. The molecule has 1 rings (SSSR count). The van der Waals surface area contributed by atoms with Gasteiger partial charge in [0.15, 0.2) is 6.10 Å². The highest BCUT2D eigenvalue weighted by atomic mass is 79.9. The number of nitrogens with two attached hydrogens (primary N) is 1. The van der Waals surface area contributed by atoms with Crippen LogP contribution in [-0.2, 0) is 11.2 Å². The molecule has 1 atom stereocenters. The average molecular weight is 357 g/mol. The molecule has 0 radical (unpaired) electrons. The van der Waals surface area contributed by atoms with Gasteiger partial charge in [-0.2, -0.15) is 0 Å². The summed E-state index contributed by atoms with van der Waals surface area (Å²) in [6.07, 6.45) is 3.46. The molecule has 0 aromatic heterocycles. The van der Waals surface area contributed by atoms with E-state index in [1.165, 1.54) is 0 Å². The van der Waals surface area contributed by atoms with Crippen LogP contribution in [0, 0.1) is 0 Å². The predicted octanol–water partition coefficient (Wildman–Crippen LogP) is 3.02. The van der Waals surface area contributed by atoms with Gasteiger partial charge in [-0.1, -0.05) is 31.9 Å². The standard InChI is InChI=1S/C16H25BrN2O2/c1-3-4-5-11-19-16(20)12(2)21-15-13(9-10-18)7-6-8-14(15)17/h6-8,12H,3-5,9-11,18H2,1-2H3,(H,19,20). The summed E-state index contributed by atoms with van der Waals surface area (Å²) in [4.78, 5) is 12.0. The largest absolute Gasteiger partial charge is 0.479 e. The van der Waals surface area contributed by atoms with Gasteiger partial charge < -0.3 is 15.8 Å². The molecule has 1 amide bonds. The number of carbonyl (C=O) groups is 1. The van der Waals surface area contributed by atoms with E-state index in [-0.39, 0.29) is 5.91 Å². The third kappa shape index (κ3) is 6.06. The second-order valence-electron chi connectivity index (χ2n) is 5.02.